The second-order valence-corrected chi connectivity index (χ2v) is 8.38. The highest BCUT2D eigenvalue weighted by Crippen LogP contribution is 2.26. The Labute approximate surface area is 161 Å². The van der Waals surface area contributed by atoms with Crippen molar-refractivity contribution in [2.24, 2.45) is 0 Å². The Hall–Kier alpha value is -1.79. The van der Waals surface area contributed by atoms with E-state index in [1.807, 2.05) is 23.1 Å². The van der Waals surface area contributed by atoms with E-state index in [0.717, 1.165) is 30.2 Å². The highest BCUT2D eigenvalue weighted by Gasteiger charge is 2.25. The van der Waals surface area contributed by atoms with Crippen LogP contribution in [0.2, 0.25) is 0 Å². The van der Waals surface area contributed by atoms with Gasteiger partial charge in [-0.05, 0) is 18.7 Å². The lowest BCUT2D eigenvalue weighted by molar-refractivity contribution is 0.0722. The summed E-state index contributed by atoms with van der Waals surface area (Å²) in [6.07, 6.45) is 0. The molecule has 2 rings (SSSR count). The summed E-state index contributed by atoms with van der Waals surface area (Å²) < 4.78 is 0. The zero-order chi connectivity index (χ0) is 19.2. The zero-order valence-electron chi connectivity index (χ0n) is 16.5. The zero-order valence-corrected chi connectivity index (χ0v) is 17.3. The molecule has 0 bridgehead atoms. The molecule has 0 saturated heterocycles. The quantitative estimate of drug-likeness (QED) is 0.705. The number of carbonyl (C=O) groups excluding carboxylic acids is 1. The van der Waals surface area contributed by atoms with Gasteiger partial charge in [0, 0.05) is 25.0 Å². The fourth-order valence-electron chi connectivity index (χ4n) is 2.61. The molecule has 0 spiro atoms. The molecule has 0 atom stereocenters. The van der Waals surface area contributed by atoms with Gasteiger partial charge in [0.1, 0.15) is 5.01 Å². The summed E-state index contributed by atoms with van der Waals surface area (Å²) in [6, 6.07) is 10.1. The molecule has 0 N–H and O–H groups in total. The van der Waals surface area contributed by atoms with E-state index in [2.05, 4.69) is 61.8 Å². The van der Waals surface area contributed by atoms with Crippen LogP contribution in [-0.4, -0.2) is 52.1 Å². The molecule has 1 aromatic heterocycles. The van der Waals surface area contributed by atoms with Crippen LogP contribution in [0.4, 0.5) is 0 Å². The summed E-state index contributed by atoms with van der Waals surface area (Å²) in [5.41, 5.74) is 1.03. The highest BCUT2D eigenvalue weighted by molar-refractivity contribution is 7.13. The topological polar surface area (TPSA) is 49.3 Å². The molecule has 0 aliphatic carbocycles. The first-order valence-electron chi connectivity index (χ1n) is 9.24. The molecule has 26 heavy (non-hydrogen) atoms. The molecule has 6 heteroatoms. The first-order chi connectivity index (χ1) is 12.3. The lowest BCUT2D eigenvalue weighted by atomic mass is 9.98. The summed E-state index contributed by atoms with van der Waals surface area (Å²) >= 11 is 1.41. The Morgan fingerprint density at radius 2 is 1.69 bits per heavy atom. The van der Waals surface area contributed by atoms with Gasteiger partial charge in [0.05, 0.1) is 0 Å². The first-order valence-corrected chi connectivity index (χ1v) is 10.1. The largest absolute Gasteiger partial charge is 0.331 e. The van der Waals surface area contributed by atoms with Gasteiger partial charge in [-0.15, -0.1) is 10.2 Å². The van der Waals surface area contributed by atoms with E-state index in [1.54, 1.807) is 0 Å². The molecule has 0 fully saturated rings. The molecule has 142 valence electrons. The molecular weight excluding hydrogens is 344 g/mol. The third-order valence-corrected chi connectivity index (χ3v) is 5.67. The van der Waals surface area contributed by atoms with E-state index in [1.165, 1.54) is 11.3 Å². The molecule has 1 amide bonds. The maximum Gasteiger partial charge on any atom is 0.285 e. The average molecular weight is 375 g/mol. The third-order valence-electron chi connectivity index (χ3n) is 4.33. The van der Waals surface area contributed by atoms with Crippen LogP contribution in [0.15, 0.2) is 30.3 Å². The molecule has 5 nitrogen and oxygen atoms in total. The Kier molecular flexibility index (Phi) is 7.29. The van der Waals surface area contributed by atoms with Crippen LogP contribution in [-0.2, 0) is 12.0 Å². The van der Waals surface area contributed by atoms with E-state index in [0.29, 0.717) is 18.1 Å². The Balaban J connectivity index is 2.18. The second kappa shape index (κ2) is 9.24. The van der Waals surface area contributed by atoms with E-state index >= 15 is 0 Å². The number of aromatic nitrogens is 2. The fourth-order valence-corrected chi connectivity index (χ4v) is 3.48. The molecule has 1 aromatic carbocycles. The van der Waals surface area contributed by atoms with Gasteiger partial charge in [-0.25, -0.2) is 0 Å². The summed E-state index contributed by atoms with van der Waals surface area (Å²) in [6.45, 7) is 14.6. The first kappa shape index (κ1) is 20.5. The molecule has 0 unspecified atom stereocenters. The van der Waals surface area contributed by atoms with Crippen LogP contribution < -0.4 is 0 Å². The van der Waals surface area contributed by atoms with E-state index in [-0.39, 0.29) is 11.3 Å². The lowest BCUT2D eigenvalue weighted by Gasteiger charge is -2.26. The van der Waals surface area contributed by atoms with Crippen LogP contribution in [0, 0.1) is 0 Å². The van der Waals surface area contributed by atoms with Crippen LogP contribution in [0.1, 0.15) is 55.0 Å². The van der Waals surface area contributed by atoms with Gasteiger partial charge < -0.3 is 9.80 Å². The van der Waals surface area contributed by atoms with Gasteiger partial charge in [0.15, 0.2) is 0 Å². The highest BCUT2D eigenvalue weighted by atomic mass is 32.1. The predicted molar refractivity (Wildman–Crippen MR) is 108 cm³/mol. The molecule has 0 radical (unpaired) electrons. The minimum Gasteiger partial charge on any atom is -0.331 e. The number of nitrogens with zero attached hydrogens (tertiary/aromatic N) is 4. The number of hydrogen-bond acceptors (Lipinski definition) is 5. The van der Waals surface area contributed by atoms with Crippen molar-refractivity contribution in [3.63, 3.8) is 0 Å². The van der Waals surface area contributed by atoms with Crippen molar-refractivity contribution in [3.8, 4) is 0 Å². The van der Waals surface area contributed by atoms with Gasteiger partial charge in [-0.3, -0.25) is 4.79 Å². The van der Waals surface area contributed by atoms with Crippen molar-refractivity contribution in [1.82, 2.24) is 20.0 Å². The number of benzene rings is 1. The van der Waals surface area contributed by atoms with E-state index < -0.39 is 0 Å². The molecule has 1 heterocycles. The monoisotopic (exact) mass is 374 g/mol. The van der Waals surface area contributed by atoms with E-state index in [4.69, 9.17) is 0 Å². The van der Waals surface area contributed by atoms with Crippen LogP contribution >= 0.6 is 11.3 Å². The standard InChI is InChI=1S/C20H30N4OS/c1-6-23(7-2)13-14-24(15-16-11-9-8-10-12-16)18(25)17-21-22-19(26-17)20(3,4)5/h8-12H,6-7,13-15H2,1-5H3. The lowest BCUT2D eigenvalue weighted by Crippen LogP contribution is -2.38. The molecular formula is C20H30N4OS. The van der Waals surface area contributed by atoms with Gasteiger partial charge in [-0.1, -0.05) is 76.3 Å². The van der Waals surface area contributed by atoms with Gasteiger partial charge in [-0.2, -0.15) is 0 Å². The normalized spacial score (nSPS) is 11.8. The van der Waals surface area contributed by atoms with Crippen molar-refractivity contribution in [3.05, 3.63) is 45.9 Å². The number of rotatable bonds is 8. The minimum absolute atomic E-state index is 0.0333. The van der Waals surface area contributed by atoms with E-state index in [9.17, 15) is 4.79 Å². The fraction of sp³-hybridized carbons (Fsp3) is 0.550. The van der Waals surface area contributed by atoms with Gasteiger partial charge >= 0.3 is 0 Å². The smallest absolute Gasteiger partial charge is 0.285 e. The van der Waals surface area contributed by atoms with Crippen LogP contribution in [0.3, 0.4) is 0 Å². The molecule has 0 aliphatic rings. The molecule has 2 aromatic rings. The number of likely N-dealkylation sites (N-methyl/N-ethyl adjacent to an activating group) is 1. The van der Waals surface area contributed by atoms with Crippen LogP contribution in [0.25, 0.3) is 0 Å². The predicted octanol–water partition coefficient (Wildman–Crippen LogP) is 3.82. The van der Waals surface area contributed by atoms with Crippen molar-refractivity contribution < 1.29 is 4.79 Å². The van der Waals surface area contributed by atoms with Gasteiger partial charge in [0.2, 0.25) is 5.01 Å². The summed E-state index contributed by atoms with van der Waals surface area (Å²) in [7, 11) is 0. The second-order valence-electron chi connectivity index (χ2n) is 7.40. The molecule has 0 aliphatic heterocycles. The van der Waals surface area contributed by atoms with Crippen molar-refractivity contribution in [2.75, 3.05) is 26.2 Å². The maximum atomic E-state index is 13.1. The van der Waals surface area contributed by atoms with Crippen LogP contribution in [0.5, 0.6) is 0 Å². The van der Waals surface area contributed by atoms with Crippen molar-refractivity contribution >= 4 is 17.2 Å². The number of carbonyl (C=O) groups is 1. The number of hydrogen-bond donors (Lipinski definition) is 0. The third kappa shape index (κ3) is 5.61. The van der Waals surface area contributed by atoms with Crippen molar-refractivity contribution in [2.45, 2.75) is 46.6 Å². The summed E-state index contributed by atoms with van der Waals surface area (Å²) in [4.78, 5) is 17.3. The summed E-state index contributed by atoms with van der Waals surface area (Å²) in [5, 5.41) is 9.78. The maximum absolute atomic E-state index is 13.1. The average Bonchev–Trinajstić information content (AvgIpc) is 3.12. The molecule has 0 saturated carbocycles. The van der Waals surface area contributed by atoms with Crippen molar-refractivity contribution in [1.29, 1.82) is 0 Å². The number of amides is 1. The Morgan fingerprint density at radius 1 is 1.04 bits per heavy atom. The summed E-state index contributed by atoms with van der Waals surface area (Å²) in [5.74, 6) is -0.0333. The van der Waals surface area contributed by atoms with Gasteiger partial charge in [0.25, 0.3) is 5.91 Å². The minimum atomic E-state index is -0.0956. The Morgan fingerprint density at radius 3 is 2.23 bits per heavy atom. The Bertz CT molecular complexity index is 689. The SMILES string of the molecule is CCN(CC)CCN(Cc1ccccc1)C(=O)c1nnc(C(C)(C)C)s1.